The van der Waals surface area contributed by atoms with Gasteiger partial charge in [0.1, 0.15) is 4.90 Å². The van der Waals surface area contributed by atoms with Crippen LogP contribution in [0.4, 0.5) is 0 Å². The van der Waals surface area contributed by atoms with E-state index in [2.05, 4.69) is 9.82 Å². The SMILES string of the molecule is Cc1c(S(=O)(=O)NCc2cccs2)cnn1C. The van der Waals surface area contributed by atoms with E-state index in [0.717, 1.165) is 4.88 Å². The van der Waals surface area contributed by atoms with E-state index in [0.29, 0.717) is 12.2 Å². The molecular formula is C10H13N3O2S2. The third kappa shape index (κ3) is 2.56. The topological polar surface area (TPSA) is 64.0 Å². The van der Waals surface area contributed by atoms with E-state index in [4.69, 9.17) is 0 Å². The van der Waals surface area contributed by atoms with Gasteiger partial charge >= 0.3 is 0 Å². The molecule has 0 unspecified atom stereocenters. The van der Waals surface area contributed by atoms with Gasteiger partial charge in [0.2, 0.25) is 10.0 Å². The van der Waals surface area contributed by atoms with Crippen molar-refractivity contribution in [1.29, 1.82) is 0 Å². The average molecular weight is 271 g/mol. The van der Waals surface area contributed by atoms with Gasteiger partial charge in [-0.25, -0.2) is 13.1 Å². The van der Waals surface area contributed by atoms with E-state index in [-0.39, 0.29) is 4.90 Å². The van der Waals surface area contributed by atoms with E-state index in [9.17, 15) is 8.42 Å². The lowest BCUT2D eigenvalue weighted by molar-refractivity contribution is 0.580. The van der Waals surface area contributed by atoms with Crippen LogP contribution in [0.15, 0.2) is 28.6 Å². The second-order valence-corrected chi connectivity index (χ2v) is 6.39. The van der Waals surface area contributed by atoms with Gasteiger partial charge in [0.05, 0.1) is 11.9 Å². The number of nitrogens with zero attached hydrogens (tertiary/aromatic N) is 2. The quantitative estimate of drug-likeness (QED) is 0.910. The van der Waals surface area contributed by atoms with Gasteiger partial charge in [0, 0.05) is 18.5 Å². The van der Waals surface area contributed by atoms with Crippen molar-refractivity contribution < 1.29 is 8.42 Å². The van der Waals surface area contributed by atoms with Gasteiger partial charge < -0.3 is 0 Å². The standard InChI is InChI=1S/C10H13N3O2S2/c1-8-10(7-11-13(8)2)17(14,15)12-6-9-4-3-5-16-9/h3-5,7,12H,6H2,1-2H3. The molecule has 0 saturated carbocycles. The van der Waals surface area contributed by atoms with Gasteiger partial charge in [-0.1, -0.05) is 6.07 Å². The largest absolute Gasteiger partial charge is 0.272 e. The molecule has 0 fully saturated rings. The predicted octanol–water partition coefficient (Wildman–Crippen LogP) is 1.27. The van der Waals surface area contributed by atoms with Gasteiger partial charge in [-0.2, -0.15) is 5.10 Å². The summed E-state index contributed by atoms with van der Waals surface area (Å²) in [6, 6.07) is 3.78. The van der Waals surface area contributed by atoms with Crippen LogP contribution in [0.5, 0.6) is 0 Å². The summed E-state index contributed by atoms with van der Waals surface area (Å²) in [6.07, 6.45) is 1.37. The summed E-state index contributed by atoms with van der Waals surface area (Å²) in [5.74, 6) is 0. The Labute approximate surface area is 104 Å². The number of hydrogen-bond acceptors (Lipinski definition) is 4. The van der Waals surface area contributed by atoms with Crippen LogP contribution in [0.1, 0.15) is 10.6 Å². The highest BCUT2D eigenvalue weighted by molar-refractivity contribution is 7.89. The molecule has 2 aromatic heterocycles. The third-order valence-electron chi connectivity index (χ3n) is 2.50. The first-order valence-corrected chi connectivity index (χ1v) is 7.37. The molecule has 0 aliphatic carbocycles. The molecule has 2 rings (SSSR count). The van der Waals surface area contributed by atoms with Crippen molar-refractivity contribution >= 4 is 21.4 Å². The molecule has 2 heterocycles. The molecule has 2 aromatic rings. The molecule has 0 spiro atoms. The number of hydrogen-bond donors (Lipinski definition) is 1. The zero-order valence-corrected chi connectivity index (χ0v) is 11.2. The first-order chi connectivity index (χ1) is 8.00. The Hall–Kier alpha value is -1.18. The van der Waals surface area contributed by atoms with Gasteiger partial charge in [0.25, 0.3) is 0 Å². The highest BCUT2D eigenvalue weighted by Crippen LogP contribution is 2.14. The summed E-state index contributed by atoms with van der Waals surface area (Å²) < 4.78 is 28.1. The molecule has 0 aliphatic heterocycles. The highest BCUT2D eigenvalue weighted by Gasteiger charge is 2.19. The van der Waals surface area contributed by atoms with Crippen molar-refractivity contribution in [2.75, 3.05) is 0 Å². The van der Waals surface area contributed by atoms with Crippen molar-refractivity contribution in [3.05, 3.63) is 34.3 Å². The molecular weight excluding hydrogens is 258 g/mol. The molecule has 7 heteroatoms. The smallest absolute Gasteiger partial charge is 0.244 e. The summed E-state index contributed by atoms with van der Waals surface area (Å²) in [5.41, 5.74) is 0.628. The molecule has 0 radical (unpaired) electrons. The summed E-state index contributed by atoms with van der Waals surface area (Å²) in [4.78, 5) is 1.21. The van der Waals surface area contributed by atoms with Crippen molar-refractivity contribution in [3.8, 4) is 0 Å². The molecule has 0 saturated heterocycles. The van der Waals surface area contributed by atoms with Crippen LogP contribution in [0, 0.1) is 6.92 Å². The van der Waals surface area contributed by atoms with Gasteiger partial charge in [0.15, 0.2) is 0 Å². The average Bonchev–Trinajstić information content (AvgIpc) is 2.88. The molecule has 0 bridgehead atoms. The minimum atomic E-state index is -3.47. The highest BCUT2D eigenvalue weighted by atomic mass is 32.2. The lowest BCUT2D eigenvalue weighted by atomic mass is 10.5. The van der Waals surface area contributed by atoms with Crippen LogP contribution >= 0.6 is 11.3 Å². The number of aryl methyl sites for hydroxylation is 1. The normalized spacial score (nSPS) is 11.9. The van der Waals surface area contributed by atoms with E-state index in [1.807, 2.05) is 17.5 Å². The molecule has 0 aromatic carbocycles. The Bertz CT molecular complexity index is 600. The predicted molar refractivity (Wildman–Crippen MR) is 66.3 cm³/mol. The number of nitrogens with one attached hydrogen (secondary N) is 1. The molecule has 17 heavy (non-hydrogen) atoms. The zero-order chi connectivity index (χ0) is 12.5. The van der Waals surface area contributed by atoms with Crippen molar-refractivity contribution in [3.63, 3.8) is 0 Å². The Balaban J connectivity index is 2.17. The number of rotatable bonds is 4. The minimum absolute atomic E-state index is 0.233. The molecule has 92 valence electrons. The fraction of sp³-hybridized carbons (Fsp3) is 0.300. The lowest BCUT2D eigenvalue weighted by Gasteiger charge is -2.04. The maximum Gasteiger partial charge on any atom is 0.244 e. The zero-order valence-electron chi connectivity index (χ0n) is 9.54. The lowest BCUT2D eigenvalue weighted by Crippen LogP contribution is -2.23. The maximum absolute atomic E-state index is 12.0. The number of aromatic nitrogens is 2. The maximum atomic E-state index is 12.0. The second-order valence-electron chi connectivity index (χ2n) is 3.62. The molecule has 0 atom stereocenters. The van der Waals surface area contributed by atoms with E-state index < -0.39 is 10.0 Å². The van der Waals surface area contributed by atoms with E-state index >= 15 is 0 Å². The summed E-state index contributed by atoms with van der Waals surface area (Å²) in [7, 11) is -1.76. The third-order valence-corrected chi connectivity index (χ3v) is 4.88. The Kier molecular flexibility index (Phi) is 3.32. The first-order valence-electron chi connectivity index (χ1n) is 5.01. The van der Waals surface area contributed by atoms with Gasteiger partial charge in [-0.15, -0.1) is 11.3 Å². The van der Waals surface area contributed by atoms with Crippen LogP contribution in [0.25, 0.3) is 0 Å². The second kappa shape index (κ2) is 4.59. The molecule has 1 N–H and O–H groups in total. The van der Waals surface area contributed by atoms with E-state index in [1.165, 1.54) is 17.5 Å². The summed E-state index contributed by atoms with van der Waals surface area (Å²) in [6.45, 7) is 2.04. The molecule has 5 nitrogen and oxygen atoms in total. The monoisotopic (exact) mass is 271 g/mol. The van der Waals surface area contributed by atoms with Gasteiger partial charge in [-0.05, 0) is 18.4 Å². The van der Waals surface area contributed by atoms with Crippen LogP contribution in [-0.4, -0.2) is 18.2 Å². The molecule has 0 amide bonds. The van der Waals surface area contributed by atoms with Crippen LogP contribution < -0.4 is 4.72 Å². The van der Waals surface area contributed by atoms with Crippen molar-refractivity contribution in [2.45, 2.75) is 18.4 Å². The fourth-order valence-electron chi connectivity index (χ4n) is 1.40. The van der Waals surface area contributed by atoms with Crippen molar-refractivity contribution in [1.82, 2.24) is 14.5 Å². The van der Waals surface area contributed by atoms with Crippen LogP contribution in [0.3, 0.4) is 0 Å². The molecule has 0 aliphatic rings. The Morgan fingerprint density at radius 3 is 2.82 bits per heavy atom. The summed E-state index contributed by atoms with van der Waals surface area (Å²) >= 11 is 1.52. The van der Waals surface area contributed by atoms with Gasteiger partial charge in [-0.3, -0.25) is 4.68 Å². The number of sulfonamides is 1. The fourth-order valence-corrected chi connectivity index (χ4v) is 3.34. The Morgan fingerprint density at radius 1 is 1.53 bits per heavy atom. The first kappa shape index (κ1) is 12.3. The Morgan fingerprint density at radius 2 is 2.29 bits per heavy atom. The van der Waals surface area contributed by atoms with Crippen molar-refractivity contribution in [2.24, 2.45) is 7.05 Å². The van der Waals surface area contributed by atoms with E-state index in [1.54, 1.807) is 18.7 Å². The summed E-state index contributed by atoms with van der Waals surface area (Å²) in [5, 5.41) is 5.84. The number of thiophene rings is 1. The van der Waals surface area contributed by atoms with Crippen LogP contribution in [-0.2, 0) is 23.6 Å². The minimum Gasteiger partial charge on any atom is -0.272 e. The van der Waals surface area contributed by atoms with Crippen LogP contribution in [0.2, 0.25) is 0 Å².